The molecule has 0 saturated carbocycles. The molecule has 0 aromatic heterocycles. The van der Waals surface area contributed by atoms with Crippen molar-refractivity contribution in [2.75, 3.05) is 39.6 Å². The van der Waals surface area contributed by atoms with Crippen molar-refractivity contribution < 1.29 is 80.2 Å². The molecule has 0 saturated heterocycles. The van der Waals surface area contributed by atoms with Crippen molar-refractivity contribution in [1.82, 2.24) is 0 Å². The molecule has 0 aromatic rings. The Balaban J connectivity index is 5.44. The molecule has 0 aliphatic rings. The van der Waals surface area contributed by atoms with Gasteiger partial charge < -0.3 is 33.8 Å². The molecule has 0 aliphatic carbocycles. The van der Waals surface area contributed by atoms with E-state index in [9.17, 15) is 43.2 Å². The first-order chi connectivity index (χ1) is 49.7. The predicted molar refractivity (Wildman–Crippen MR) is 417 cm³/mol. The Bertz CT molecular complexity index is 2550. The fourth-order valence-electron chi connectivity index (χ4n) is 9.61. The molecule has 19 heteroatoms. The van der Waals surface area contributed by atoms with E-state index in [1.165, 1.54) is 25.7 Å². The van der Waals surface area contributed by atoms with Gasteiger partial charge in [0, 0.05) is 25.7 Å². The number of phosphoric acid groups is 2. The number of allylic oxidation sites excluding steroid dienone is 26. The largest absolute Gasteiger partial charge is 0.472 e. The average Bonchev–Trinajstić information content (AvgIpc) is 0.909. The molecular weight excluding hydrogens is 1330 g/mol. The maximum absolute atomic E-state index is 13.1. The molecule has 0 radical (unpaired) electrons. The lowest BCUT2D eigenvalue weighted by atomic mass is 10.1. The standard InChI is InChI=1S/C83H136O17P2/c1-5-9-13-17-21-25-29-33-35-37-38-40-42-46-48-52-56-60-64-68-81(86)94-74-79(100-83(88)70-66-62-58-54-50-44-32-28-24-20-16-12-8-4)76-98-102(91,92)96-72-77(84)71-95-101(89,90)97-75-78(99-82(87)69-65-61-57-53-49-43-31-27-23-19-15-11-7-3)73-93-80(85)67-63-59-55-51-47-45-41-39-36-34-30-26-22-18-14-10-6-2/h9-10,13-14,16,20-22,25-28,31-36,38,40-41,45-46,48,51,55,77-79,84H,5-8,11-12,15,17-19,23-24,29-30,37,39,42-44,47,49-50,52-54,56-76H2,1-4H3,(H,89,90)(H,91,92)/b13-9-,14-10-,20-16-,25-21-,26-22-,31-27-,32-28-,35-33-,36-34-,40-38-,45-41-,48-46-,55-51-. The molecule has 3 N–H and O–H groups in total. The van der Waals surface area contributed by atoms with Gasteiger partial charge in [0.25, 0.3) is 0 Å². The first-order valence-electron chi connectivity index (χ1n) is 38.7. The van der Waals surface area contributed by atoms with Crippen LogP contribution < -0.4 is 0 Å². The lowest BCUT2D eigenvalue weighted by Gasteiger charge is -2.21. The van der Waals surface area contributed by atoms with Gasteiger partial charge >= 0.3 is 39.5 Å². The Morgan fingerprint density at radius 1 is 0.284 bits per heavy atom. The fraction of sp³-hybridized carbons (Fsp3) is 0.639. The number of carbonyl (C=O) groups excluding carboxylic acids is 4. The molecule has 0 fully saturated rings. The SMILES string of the molecule is CC/C=C\C/C=C\C/C=C\C/C=C\C/C=C\CCCCCC(=O)OCC(COP(=O)(O)OCC(O)COP(=O)(O)OCC(COC(=O)CCC/C=C\C/C=C\C/C=C\C/C=C\C/C=C\CC)OC(=O)CCCCCCC/C=C\CCCCCC)OC(=O)CCCCCCC/C=C\C/C=C\CCC. The van der Waals surface area contributed by atoms with Crippen LogP contribution in [0.2, 0.25) is 0 Å². The molecule has 5 unspecified atom stereocenters. The lowest BCUT2D eigenvalue weighted by Crippen LogP contribution is -2.30. The molecule has 0 spiro atoms. The summed E-state index contributed by atoms with van der Waals surface area (Å²) in [5, 5.41) is 10.6. The first kappa shape index (κ1) is 96.7. The van der Waals surface area contributed by atoms with Gasteiger partial charge in [0.2, 0.25) is 0 Å². The summed E-state index contributed by atoms with van der Waals surface area (Å²) in [6.45, 7) is 4.42. The molecular formula is C83H136O17P2. The zero-order valence-electron chi connectivity index (χ0n) is 63.2. The van der Waals surface area contributed by atoms with Crippen LogP contribution in [0.3, 0.4) is 0 Å². The quantitative estimate of drug-likeness (QED) is 0.0169. The Morgan fingerprint density at radius 3 is 0.882 bits per heavy atom. The zero-order valence-corrected chi connectivity index (χ0v) is 65.0. The number of aliphatic hydroxyl groups excluding tert-OH is 1. The number of carbonyl (C=O) groups is 4. The van der Waals surface area contributed by atoms with Crippen LogP contribution in [0.5, 0.6) is 0 Å². The second-order valence-corrected chi connectivity index (χ2v) is 28.1. The highest BCUT2D eigenvalue weighted by molar-refractivity contribution is 7.47. The normalized spacial score (nSPS) is 14.8. The van der Waals surface area contributed by atoms with Crippen molar-refractivity contribution in [3.05, 3.63) is 158 Å². The van der Waals surface area contributed by atoms with Gasteiger partial charge in [-0.2, -0.15) is 0 Å². The summed E-state index contributed by atoms with van der Waals surface area (Å²) >= 11 is 0. The van der Waals surface area contributed by atoms with Crippen molar-refractivity contribution >= 4 is 39.5 Å². The highest BCUT2D eigenvalue weighted by Gasteiger charge is 2.30. The summed E-state index contributed by atoms with van der Waals surface area (Å²) < 4.78 is 68.4. The van der Waals surface area contributed by atoms with Crippen LogP contribution in [0.15, 0.2) is 158 Å². The van der Waals surface area contributed by atoms with Crippen LogP contribution in [0, 0.1) is 0 Å². The molecule has 102 heavy (non-hydrogen) atoms. The lowest BCUT2D eigenvalue weighted by molar-refractivity contribution is -0.161. The van der Waals surface area contributed by atoms with Crippen LogP contribution in [-0.2, 0) is 65.4 Å². The van der Waals surface area contributed by atoms with Gasteiger partial charge in [-0.3, -0.25) is 37.3 Å². The number of phosphoric ester groups is 2. The summed E-state index contributed by atoms with van der Waals surface area (Å²) in [4.78, 5) is 72.9. The first-order valence-corrected chi connectivity index (χ1v) is 41.7. The van der Waals surface area contributed by atoms with E-state index in [1.54, 1.807) is 0 Å². The number of aliphatic hydroxyl groups is 1. The van der Waals surface area contributed by atoms with Crippen molar-refractivity contribution in [3.63, 3.8) is 0 Å². The Labute approximate surface area is 617 Å². The minimum Gasteiger partial charge on any atom is -0.462 e. The Hall–Kier alpha value is -5.32. The van der Waals surface area contributed by atoms with E-state index >= 15 is 0 Å². The van der Waals surface area contributed by atoms with E-state index in [2.05, 4.69) is 174 Å². The van der Waals surface area contributed by atoms with Crippen LogP contribution >= 0.6 is 15.6 Å². The molecule has 580 valence electrons. The summed E-state index contributed by atoms with van der Waals surface area (Å²) in [5.74, 6) is -2.32. The minimum absolute atomic E-state index is 0.0646. The van der Waals surface area contributed by atoms with Gasteiger partial charge in [-0.1, -0.05) is 256 Å². The third kappa shape index (κ3) is 73.0. The second kappa shape index (κ2) is 74.0. The number of ether oxygens (including phenoxy) is 4. The predicted octanol–water partition coefficient (Wildman–Crippen LogP) is 22.4. The molecule has 0 rings (SSSR count). The second-order valence-electron chi connectivity index (χ2n) is 25.2. The number of hydrogen-bond donors (Lipinski definition) is 3. The average molecular weight is 1470 g/mol. The fourth-order valence-corrected chi connectivity index (χ4v) is 11.2. The van der Waals surface area contributed by atoms with E-state index in [4.69, 9.17) is 37.0 Å². The zero-order chi connectivity index (χ0) is 74.6. The molecule has 0 bridgehead atoms. The van der Waals surface area contributed by atoms with E-state index < -0.39 is 97.5 Å². The van der Waals surface area contributed by atoms with Crippen molar-refractivity contribution in [1.29, 1.82) is 0 Å². The smallest absolute Gasteiger partial charge is 0.462 e. The van der Waals surface area contributed by atoms with Gasteiger partial charge in [-0.15, -0.1) is 0 Å². The van der Waals surface area contributed by atoms with Crippen molar-refractivity contribution in [2.24, 2.45) is 0 Å². The van der Waals surface area contributed by atoms with E-state index in [0.29, 0.717) is 32.1 Å². The van der Waals surface area contributed by atoms with Crippen LogP contribution in [0.4, 0.5) is 0 Å². The van der Waals surface area contributed by atoms with Gasteiger partial charge in [-0.25, -0.2) is 9.13 Å². The highest BCUT2D eigenvalue weighted by Crippen LogP contribution is 2.45. The molecule has 17 nitrogen and oxygen atoms in total. The maximum Gasteiger partial charge on any atom is 0.472 e. The number of rotatable bonds is 71. The molecule has 0 aliphatic heterocycles. The Morgan fingerprint density at radius 2 is 0.539 bits per heavy atom. The van der Waals surface area contributed by atoms with Crippen LogP contribution in [0.25, 0.3) is 0 Å². The van der Waals surface area contributed by atoms with Crippen LogP contribution in [0.1, 0.15) is 285 Å². The van der Waals surface area contributed by atoms with Crippen molar-refractivity contribution in [3.8, 4) is 0 Å². The van der Waals surface area contributed by atoms with Gasteiger partial charge in [0.15, 0.2) is 12.2 Å². The monoisotopic (exact) mass is 1470 g/mol. The van der Waals surface area contributed by atoms with Gasteiger partial charge in [-0.05, 0) is 161 Å². The number of esters is 4. The van der Waals surface area contributed by atoms with Gasteiger partial charge in [0.05, 0.1) is 26.4 Å². The van der Waals surface area contributed by atoms with E-state index in [0.717, 1.165) is 173 Å². The van der Waals surface area contributed by atoms with Crippen molar-refractivity contribution in [2.45, 2.75) is 303 Å². The maximum atomic E-state index is 13.1. The van der Waals surface area contributed by atoms with Crippen LogP contribution in [-0.4, -0.2) is 96.7 Å². The molecule has 5 atom stereocenters. The molecule has 0 heterocycles. The summed E-state index contributed by atoms with van der Waals surface area (Å²) in [5.41, 5.74) is 0. The molecule has 0 amide bonds. The topological polar surface area (TPSA) is 237 Å². The third-order valence-electron chi connectivity index (χ3n) is 15.4. The Kier molecular flexibility index (Phi) is 70.1. The summed E-state index contributed by atoms with van der Waals surface area (Å²) in [6.07, 6.45) is 85.3. The summed E-state index contributed by atoms with van der Waals surface area (Å²) in [7, 11) is -9.99. The van der Waals surface area contributed by atoms with E-state index in [-0.39, 0.29) is 25.7 Å². The highest BCUT2D eigenvalue weighted by atomic mass is 31.2. The summed E-state index contributed by atoms with van der Waals surface area (Å²) in [6, 6.07) is 0. The van der Waals surface area contributed by atoms with E-state index in [1.807, 2.05) is 12.2 Å². The number of unbranched alkanes of at least 4 members (excludes halogenated alkanes) is 19. The molecule has 0 aromatic carbocycles. The number of hydrogen-bond acceptors (Lipinski definition) is 15. The third-order valence-corrected chi connectivity index (χ3v) is 17.3. The minimum atomic E-state index is -5.00. The van der Waals surface area contributed by atoms with Gasteiger partial charge in [0.1, 0.15) is 19.3 Å².